The maximum Gasteiger partial charge on any atom is 0.313 e. The van der Waals surface area contributed by atoms with Crippen LogP contribution in [0.15, 0.2) is 12.1 Å². The summed E-state index contributed by atoms with van der Waals surface area (Å²) in [5.74, 6) is 1.96. The van der Waals surface area contributed by atoms with Gasteiger partial charge in [-0.05, 0) is 0 Å². The van der Waals surface area contributed by atoms with Gasteiger partial charge in [-0.15, -0.1) is 11.8 Å². The number of ether oxygens (including phenoxy) is 2. The molecule has 0 saturated carbocycles. The molecule has 6 nitrogen and oxygen atoms in total. The van der Waals surface area contributed by atoms with E-state index in [4.69, 9.17) is 14.6 Å². The Morgan fingerprint density at radius 2 is 2.11 bits per heavy atom. The first-order valence-electron chi connectivity index (χ1n) is 5.80. The first-order valence-corrected chi connectivity index (χ1v) is 6.95. The number of H-pyrrole nitrogens is 1. The molecule has 1 aliphatic heterocycles. The van der Waals surface area contributed by atoms with Crippen LogP contribution < -0.4 is 9.47 Å². The van der Waals surface area contributed by atoms with Crippen LogP contribution in [0, 0.1) is 0 Å². The van der Waals surface area contributed by atoms with Gasteiger partial charge in [0.1, 0.15) is 19.0 Å². The Kier molecular flexibility index (Phi) is 3.20. The first-order chi connectivity index (χ1) is 9.22. The summed E-state index contributed by atoms with van der Waals surface area (Å²) in [6, 6.07) is 3.70. The lowest BCUT2D eigenvalue weighted by Crippen LogP contribution is -2.15. The standard InChI is InChI=1S/C12H12N2O4S/c15-12(16)6-19-5-11-13-7-3-9-10(4-8(7)14-11)18-2-1-17-9/h3-4H,1-2,5-6H2,(H,13,14)(H,15,16). The molecule has 0 radical (unpaired) electrons. The molecular weight excluding hydrogens is 268 g/mol. The lowest BCUT2D eigenvalue weighted by Gasteiger charge is -2.17. The molecule has 1 aromatic carbocycles. The molecule has 2 N–H and O–H groups in total. The number of carbonyl (C=O) groups is 1. The number of carboxylic acid groups (broad SMARTS) is 1. The fourth-order valence-electron chi connectivity index (χ4n) is 1.90. The predicted octanol–water partition coefficient (Wildman–Crippen LogP) is 1.65. The van der Waals surface area contributed by atoms with E-state index in [2.05, 4.69) is 9.97 Å². The fraction of sp³-hybridized carbons (Fsp3) is 0.333. The largest absolute Gasteiger partial charge is 0.486 e. The number of imidazole rings is 1. The predicted molar refractivity (Wildman–Crippen MR) is 70.9 cm³/mol. The van der Waals surface area contributed by atoms with Crippen LogP contribution in [0.3, 0.4) is 0 Å². The van der Waals surface area contributed by atoms with Crippen molar-refractivity contribution in [3.05, 3.63) is 18.0 Å². The number of aliphatic carboxylic acids is 1. The third-order valence-corrected chi connectivity index (χ3v) is 3.59. The number of carboxylic acids is 1. The molecular formula is C12H12N2O4S. The van der Waals surface area contributed by atoms with Crippen molar-refractivity contribution in [2.75, 3.05) is 19.0 Å². The van der Waals surface area contributed by atoms with Gasteiger partial charge in [0.2, 0.25) is 0 Å². The smallest absolute Gasteiger partial charge is 0.313 e. The third kappa shape index (κ3) is 2.60. The summed E-state index contributed by atoms with van der Waals surface area (Å²) in [5.41, 5.74) is 1.67. The number of nitrogens with zero attached hydrogens (tertiary/aromatic N) is 1. The monoisotopic (exact) mass is 280 g/mol. The van der Waals surface area contributed by atoms with Crippen LogP contribution in [0.5, 0.6) is 11.5 Å². The highest BCUT2D eigenvalue weighted by atomic mass is 32.2. The maximum atomic E-state index is 10.5. The van der Waals surface area contributed by atoms with E-state index in [1.165, 1.54) is 11.8 Å². The maximum absolute atomic E-state index is 10.5. The molecule has 0 amide bonds. The number of thioether (sulfide) groups is 1. The van der Waals surface area contributed by atoms with Crippen molar-refractivity contribution in [2.45, 2.75) is 5.75 Å². The Morgan fingerprint density at radius 1 is 1.37 bits per heavy atom. The minimum Gasteiger partial charge on any atom is -0.486 e. The second kappa shape index (κ2) is 5.00. The van der Waals surface area contributed by atoms with E-state index in [1.807, 2.05) is 12.1 Å². The summed E-state index contributed by atoms with van der Waals surface area (Å²) in [6.07, 6.45) is 0. The average Bonchev–Trinajstić information content (AvgIpc) is 2.77. The molecule has 0 unspecified atom stereocenters. The highest BCUT2D eigenvalue weighted by molar-refractivity contribution is 7.99. The lowest BCUT2D eigenvalue weighted by molar-refractivity contribution is -0.133. The number of benzene rings is 1. The minimum absolute atomic E-state index is 0.0692. The normalized spacial score (nSPS) is 13.7. The third-order valence-electron chi connectivity index (χ3n) is 2.66. The van der Waals surface area contributed by atoms with Crippen molar-refractivity contribution in [1.29, 1.82) is 0 Å². The average molecular weight is 280 g/mol. The number of fused-ring (bicyclic) bond motifs is 2. The number of rotatable bonds is 4. The Bertz CT molecular complexity index is 582. The molecule has 0 saturated heterocycles. The van der Waals surface area contributed by atoms with E-state index in [1.54, 1.807) is 0 Å². The quantitative estimate of drug-likeness (QED) is 0.886. The number of aromatic nitrogens is 2. The summed E-state index contributed by atoms with van der Waals surface area (Å²) in [5, 5.41) is 8.59. The van der Waals surface area contributed by atoms with E-state index in [-0.39, 0.29) is 5.75 Å². The van der Waals surface area contributed by atoms with E-state index in [9.17, 15) is 4.79 Å². The minimum atomic E-state index is -0.821. The Morgan fingerprint density at radius 3 is 2.84 bits per heavy atom. The van der Waals surface area contributed by atoms with Gasteiger partial charge < -0.3 is 19.6 Å². The summed E-state index contributed by atoms with van der Waals surface area (Å²) in [4.78, 5) is 18.0. The van der Waals surface area contributed by atoms with Crippen molar-refractivity contribution in [2.24, 2.45) is 0 Å². The van der Waals surface area contributed by atoms with Gasteiger partial charge in [0.25, 0.3) is 0 Å². The van der Waals surface area contributed by atoms with Gasteiger partial charge in [-0.25, -0.2) is 4.98 Å². The summed E-state index contributed by atoms with van der Waals surface area (Å²) in [7, 11) is 0. The van der Waals surface area contributed by atoms with Gasteiger partial charge in [0, 0.05) is 12.1 Å². The zero-order valence-electron chi connectivity index (χ0n) is 10.0. The van der Waals surface area contributed by atoms with E-state index >= 15 is 0 Å². The van der Waals surface area contributed by atoms with Crippen molar-refractivity contribution >= 4 is 28.8 Å². The molecule has 2 heterocycles. The van der Waals surface area contributed by atoms with Crippen molar-refractivity contribution < 1.29 is 19.4 Å². The first kappa shape index (κ1) is 12.2. The van der Waals surface area contributed by atoms with Gasteiger partial charge in [0.05, 0.1) is 22.5 Å². The number of aromatic amines is 1. The van der Waals surface area contributed by atoms with Gasteiger partial charge in [-0.1, -0.05) is 0 Å². The van der Waals surface area contributed by atoms with E-state index in [0.29, 0.717) is 30.5 Å². The van der Waals surface area contributed by atoms with Crippen LogP contribution >= 0.6 is 11.8 Å². The molecule has 0 atom stereocenters. The van der Waals surface area contributed by atoms with Gasteiger partial charge in [0.15, 0.2) is 11.5 Å². The zero-order valence-corrected chi connectivity index (χ0v) is 10.8. The second-order valence-electron chi connectivity index (χ2n) is 4.08. The Balaban J connectivity index is 1.82. The van der Waals surface area contributed by atoms with Gasteiger partial charge in [-0.2, -0.15) is 0 Å². The van der Waals surface area contributed by atoms with Crippen LogP contribution in [0.2, 0.25) is 0 Å². The number of hydrogen-bond donors (Lipinski definition) is 2. The van der Waals surface area contributed by atoms with Crippen LogP contribution in [0.25, 0.3) is 11.0 Å². The zero-order chi connectivity index (χ0) is 13.2. The van der Waals surface area contributed by atoms with Crippen LogP contribution in [0.4, 0.5) is 0 Å². The molecule has 2 aromatic rings. The molecule has 7 heteroatoms. The topological polar surface area (TPSA) is 84.4 Å². The molecule has 0 fully saturated rings. The molecule has 100 valence electrons. The molecule has 0 aliphatic carbocycles. The lowest BCUT2D eigenvalue weighted by atomic mass is 10.2. The SMILES string of the molecule is O=C(O)CSCc1nc2cc3c(cc2[nH]1)OCCO3. The van der Waals surface area contributed by atoms with Crippen molar-refractivity contribution in [3.63, 3.8) is 0 Å². The van der Waals surface area contributed by atoms with E-state index < -0.39 is 5.97 Å². The molecule has 0 spiro atoms. The number of hydrogen-bond acceptors (Lipinski definition) is 5. The van der Waals surface area contributed by atoms with Gasteiger partial charge >= 0.3 is 5.97 Å². The summed E-state index contributed by atoms with van der Waals surface area (Å²) in [6.45, 7) is 1.10. The molecule has 1 aliphatic rings. The summed E-state index contributed by atoms with van der Waals surface area (Å²) >= 11 is 1.31. The Hall–Kier alpha value is -1.89. The Labute approximate surface area is 113 Å². The van der Waals surface area contributed by atoms with Crippen molar-refractivity contribution in [1.82, 2.24) is 9.97 Å². The fourth-order valence-corrected chi connectivity index (χ4v) is 2.51. The van der Waals surface area contributed by atoms with E-state index in [0.717, 1.165) is 16.9 Å². The van der Waals surface area contributed by atoms with Crippen LogP contribution in [-0.4, -0.2) is 40.0 Å². The highest BCUT2D eigenvalue weighted by Crippen LogP contribution is 2.33. The van der Waals surface area contributed by atoms with Crippen LogP contribution in [0.1, 0.15) is 5.82 Å². The second-order valence-corrected chi connectivity index (χ2v) is 5.07. The molecule has 0 bridgehead atoms. The highest BCUT2D eigenvalue weighted by Gasteiger charge is 2.14. The van der Waals surface area contributed by atoms with Crippen LogP contribution in [-0.2, 0) is 10.5 Å². The van der Waals surface area contributed by atoms with Gasteiger partial charge in [-0.3, -0.25) is 4.79 Å². The molecule has 3 rings (SSSR count). The van der Waals surface area contributed by atoms with Crippen molar-refractivity contribution in [3.8, 4) is 11.5 Å². The molecule has 19 heavy (non-hydrogen) atoms. The number of nitrogens with one attached hydrogen (secondary N) is 1. The molecule has 1 aromatic heterocycles. The summed E-state index contributed by atoms with van der Waals surface area (Å²) < 4.78 is 11.0.